The number of benzene rings is 1. The van der Waals surface area contributed by atoms with E-state index in [9.17, 15) is 18.3 Å². The number of sulfonamides is 1. The number of phenols is 1. The Balaban J connectivity index is 2.28. The summed E-state index contributed by atoms with van der Waals surface area (Å²) in [4.78, 5) is 10.7. The van der Waals surface area contributed by atoms with Crippen molar-refractivity contribution in [3.8, 4) is 5.75 Å². The van der Waals surface area contributed by atoms with Crippen molar-refractivity contribution in [2.45, 2.75) is 18.1 Å². The van der Waals surface area contributed by atoms with Crippen molar-refractivity contribution in [1.82, 2.24) is 0 Å². The molecule has 3 N–H and O–H groups in total. The normalized spacial score (nSPS) is 15.5. The van der Waals surface area contributed by atoms with Crippen LogP contribution < -0.4 is 4.72 Å². The smallest absolute Gasteiger partial charge is 0.339 e. The van der Waals surface area contributed by atoms with E-state index in [4.69, 9.17) is 5.11 Å². The molecule has 2 rings (SSSR count). The van der Waals surface area contributed by atoms with Crippen molar-refractivity contribution < 1.29 is 23.4 Å². The highest BCUT2D eigenvalue weighted by Gasteiger charge is 2.35. The fraction of sp³-hybridized carbons (Fsp3) is 0.300. The molecule has 6 nitrogen and oxygen atoms in total. The SMILES string of the molecule is O=C(O)c1cc(NS(=O)(=O)C2CC2)ccc1O. The molecule has 0 heterocycles. The predicted octanol–water partition coefficient (Wildman–Crippen LogP) is 0.994. The van der Waals surface area contributed by atoms with Crippen LogP contribution in [0.4, 0.5) is 5.69 Å². The van der Waals surface area contributed by atoms with E-state index in [0.29, 0.717) is 12.8 Å². The minimum atomic E-state index is -3.42. The van der Waals surface area contributed by atoms with E-state index < -0.39 is 21.7 Å². The molecule has 7 heteroatoms. The third-order valence-corrected chi connectivity index (χ3v) is 4.32. The summed E-state index contributed by atoms with van der Waals surface area (Å²) in [6.45, 7) is 0. The molecule has 0 saturated heterocycles. The van der Waals surface area contributed by atoms with E-state index in [1.807, 2.05) is 0 Å². The number of rotatable bonds is 4. The second-order valence-electron chi connectivity index (χ2n) is 3.88. The van der Waals surface area contributed by atoms with Gasteiger partial charge in [0, 0.05) is 5.69 Å². The Labute approximate surface area is 97.9 Å². The molecule has 1 aliphatic carbocycles. The second kappa shape index (κ2) is 3.92. The number of hydrogen-bond donors (Lipinski definition) is 3. The van der Waals surface area contributed by atoms with Gasteiger partial charge >= 0.3 is 5.97 Å². The van der Waals surface area contributed by atoms with E-state index in [2.05, 4.69) is 4.72 Å². The number of carboxylic acid groups (broad SMARTS) is 1. The average molecular weight is 257 g/mol. The molecule has 1 aromatic carbocycles. The lowest BCUT2D eigenvalue weighted by Gasteiger charge is -2.08. The molecule has 1 saturated carbocycles. The highest BCUT2D eigenvalue weighted by atomic mass is 32.2. The van der Waals surface area contributed by atoms with Crippen LogP contribution in [0.5, 0.6) is 5.75 Å². The van der Waals surface area contributed by atoms with Crippen LogP contribution in [0.2, 0.25) is 0 Å². The summed E-state index contributed by atoms with van der Waals surface area (Å²) < 4.78 is 25.5. The Morgan fingerprint density at radius 1 is 1.35 bits per heavy atom. The number of hydrogen-bond acceptors (Lipinski definition) is 4. The van der Waals surface area contributed by atoms with Gasteiger partial charge in [0.2, 0.25) is 10.0 Å². The molecule has 0 atom stereocenters. The molecule has 0 aliphatic heterocycles. The molecule has 1 fully saturated rings. The van der Waals surface area contributed by atoms with Crippen LogP contribution in [0.1, 0.15) is 23.2 Å². The van der Waals surface area contributed by atoms with Crippen LogP contribution in [0.15, 0.2) is 18.2 Å². The number of carboxylic acids is 1. The summed E-state index contributed by atoms with van der Waals surface area (Å²) in [5.74, 6) is -1.71. The number of aromatic hydroxyl groups is 1. The van der Waals surface area contributed by atoms with Crippen molar-refractivity contribution in [3.63, 3.8) is 0 Å². The average Bonchev–Trinajstić information content (AvgIpc) is 3.03. The van der Waals surface area contributed by atoms with Crippen LogP contribution in [-0.4, -0.2) is 29.9 Å². The first-order chi connectivity index (χ1) is 7.90. The molecular weight excluding hydrogens is 246 g/mol. The van der Waals surface area contributed by atoms with E-state index in [0.717, 1.165) is 12.1 Å². The van der Waals surface area contributed by atoms with E-state index in [1.54, 1.807) is 0 Å². The lowest BCUT2D eigenvalue weighted by Crippen LogP contribution is -2.17. The molecule has 1 aliphatic rings. The zero-order chi connectivity index (χ0) is 12.6. The molecular formula is C10H11NO5S. The minimum absolute atomic E-state index is 0.145. The fourth-order valence-corrected chi connectivity index (χ4v) is 2.78. The van der Waals surface area contributed by atoms with E-state index in [-0.39, 0.29) is 16.5 Å². The van der Waals surface area contributed by atoms with Gasteiger partial charge in [0.25, 0.3) is 0 Å². The molecule has 1 aromatic rings. The summed E-state index contributed by atoms with van der Waals surface area (Å²) in [5.41, 5.74) is -0.187. The fourth-order valence-electron chi connectivity index (χ4n) is 1.40. The highest BCUT2D eigenvalue weighted by molar-refractivity contribution is 7.93. The van der Waals surface area contributed by atoms with Gasteiger partial charge in [-0.1, -0.05) is 0 Å². The largest absolute Gasteiger partial charge is 0.507 e. The standard InChI is InChI=1S/C10H11NO5S/c12-9-4-1-6(5-8(9)10(13)14)11-17(15,16)7-2-3-7/h1,4-5,7,11-12H,2-3H2,(H,13,14). The van der Waals surface area contributed by atoms with Crippen LogP contribution >= 0.6 is 0 Å². The van der Waals surface area contributed by atoms with Crippen molar-refractivity contribution in [2.75, 3.05) is 4.72 Å². The van der Waals surface area contributed by atoms with Crippen LogP contribution in [-0.2, 0) is 10.0 Å². The van der Waals surface area contributed by atoms with Crippen molar-refractivity contribution >= 4 is 21.7 Å². The minimum Gasteiger partial charge on any atom is -0.507 e. The highest BCUT2D eigenvalue weighted by Crippen LogP contribution is 2.30. The zero-order valence-corrected chi connectivity index (χ0v) is 9.57. The lowest BCUT2D eigenvalue weighted by molar-refractivity contribution is 0.0694. The van der Waals surface area contributed by atoms with Crippen LogP contribution in [0.25, 0.3) is 0 Å². The van der Waals surface area contributed by atoms with Crippen LogP contribution in [0, 0.1) is 0 Å². The summed E-state index contributed by atoms with van der Waals surface area (Å²) >= 11 is 0. The van der Waals surface area contributed by atoms with Crippen molar-refractivity contribution in [2.24, 2.45) is 0 Å². The summed E-state index contributed by atoms with van der Waals surface area (Å²) in [7, 11) is -3.42. The maximum atomic E-state index is 11.6. The second-order valence-corrected chi connectivity index (χ2v) is 5.84. The number of aromatic carboxylic acids is 1. The predicted molar refractivity (Wildman–Crippen MR) is 60.6 cm³/mol. The summed E-state index contributed by atoms with van der Waals surface area (Å²) in [6.07, 6.45) is 1.25. The quantitative estimate of drug-likeness (QED) is 0.698. The Morgan fingerprint density at radius 3 is 2.53 bits per heavy atom. The first-order valence-corrected chi connectivity index (χ1v) is 6.53. The summed E-state index contributed by atoms with van der Waals surface area (Å²) in [5, 5.41) is 17.7. The molecule has 0 aromatic heterocycles. The van der Waals surface area contributed by atoms with Gasteiger partial charge in [0.05, 0.1) is 5.25 Å². The van der Waals surface area contributed by atoms with Crippen molar-refractivity contribution in [3.05, 3.63) is 23.8 Å². The molecule has 0 spiro atoms. The van der Waals surface area contributed by atoms with Gasteiger partial charge < -0.3 is 10.2 Å². The molecule has 17 heavy (non-hydrogen) atoms. The van der Waals surface area contributed by atoms with Gasteiger partial charge in [-0.25, -0.2) is 13.2 Å². The Kier molecular flexibility index (Phi) is 2.70. The van der Waals surface area contributed by atoms with Crippen molar-refractivity contribution in [1.29, 1.82) is 0 Å². The Bertz CT molecular complexity index is 562. The Hall–Kier alpha value is -1.76. The lowest BCUT2D eigenvalue weighted by atomic mass is 10.2. The van der Waals surface area contributed by atoms with Crippen LogP contribution in [0.3, 0.4) is 0 Å². The molecule has 0 radical (unpaired) electrons. The van der Waals surface area contributed by atoms with Gasteiger partial charge in [-0.2, -0.15) is 0 Å². The third-order valence-electron chi connectivity index (χ3n) is 2.45. The maximum absolute atomic E-state index is 11.6. The van der Waals surface area contributed by atoms with E-state index in [1.165, 1.54) is 6.07 Å². The zero-order valence-electron chi connectivity index (χ0n) is 8.75. The topological polar surface area (TPSA) is 104 Å². The van der Waals surface area contributed by atoms with Gasteiger partial charge in [-0.15, -0.1) is 0 Å². The Morgan fingerprint density at radius 2 is 2.00 bits per heavy atom. The molecule has 92 valence electrons. The van der Waals surface area contributed by atoms with Gasteiger partial charge in [-0.3, -0.25) is 4.72 Å². The van der Waals surface area contributed by atoms with Gasteiger partial charge in [0.15, 0.2) is 0 Å². The number of anilines is 1. The molecule has 0 bridgehead atoms. The summed E-state index contributed by atoms with van der Waals surface area (Å²) in [6, 6.07) is 3.56. The molecule has 0 unspecified atom stereocenters. The monoisotopic (exact) mass is 257 g/mol. The number of nitrogens with one attached hydrogen (secondary N) is 1. The van der Waals surface area contributed by atoms with Gasteiger partial charge in [-0.05, 0) is 31.0 Å². The van der Waals surface area contributed by atoms with E-state index >= 15 is 0 Å². The molecule has 0 amide bonds. The first-order valence-electron chi connectivity index (χ1n) is 4.98. The maximum Gasteiger partial charge on any atom is 0.339 e. The third kappa shape index (κ3) is 2.50. The van der Waals surface area contributed by atoms with Gasteiger partial charge in [0.1, 0.15) is 11.3 Å². The first kappa shape index (κ1) is 11.7. The number of carbonyl (C=O) groups is 1.